The number of ether oxygens (including phenoxy) is 1. The van der Waals surface area contributed by atoms with Crippen LogP contribution in [0.5, 0.6) is 0 Å². The molecule has 0 N–H and O–H groups in total. The van der Waals surface area contributed by atoms with Gasteiger partial charge in [-0.3, -0.25) is 9.69 Å². The molecule has 3 heteroatoms. The van der Waals surface area contributed by atoms with Gasteiger partial charge in [-0.1, -0.05) is 36.8 Å². The van der Waals surface area contributed by atoms with E-state index in [-0.39, 0.29) is 5.78 Å². The minimum absolute atomic E-state index is 0.218. The van der Waals surface area contributed by atoms with Gasteiger partial charge >= 0.3 is 0 Å². The van der Waals surface area contributed by atoms with Crippen LogP contribution in [0.2, 0.25) is 0 Å². The molecule has 0 amide bonds. The predicted molar refractivity (Wildman–Crippen MR) is 83.3 cm³/mol. The van der Waals surface area contributed by atoms with Crippen molar-refractivity contribution in [2.24, 2.45) is 0 Å². The quantitative estimate of drug-likeness (QED) is 0.649. The average molecular weight is 277 g/mol. The Bertz CT molecular complexity index is 400. The molecular formula is C17H27NO2. The van der Waals surface area contributed by atoms with Crippen molar-refractivity contribution in [1.82, 2.24) is 4.90 Å². The summed E-state index contributed by atoms with van der Waals surface area (Å²) in [5, 5.41) is 0. The van der Waals surface area contributed by atoms with Gasteiger partial charge in [0.25, 0.3) is 0 Å². The summed E-state index contributed by atoms with van der Waals surface area (Å²) in [6, 6.07) is 8.30. The Hall–Kier alpha value is -1.19. The fourth-order valence-corrected chi connectivity index (χ4v) is 2.15. The van der Waals surface area contributed by atoms with E-state index in [0.29, 0.717) is 19.1 Å². The summed E-state index contributed by atoms with van der Waals surface area (Å²) in [5.74, 6) is 0.218. The Kier molecular flexibility index (Phi) is 7.48. The lowest BCUT2D eigenvalue weighted by atomic mass is 10.1. The molecule has 112 valence electrons. The van der Waals surface area contributed by atoms with Gasteiger partial charge < -0.3 is 4.74 Å². The second-order valence-electron chi connectivity index (χ2n) is 5.33. The molecule has 0 bridgehead atoms. The molecule has 1 atom stereocenters. The van der Waals surface area contributed by atoms with E-state index in [9.17, 15) is 4.79 Å². The van der Waals surface area contributed by atoms with Crippen molar-refractivity contribution in [3.8, 4) is 0 Å². The van der Waals surface area contributed by atoms with Gasteiger partial charge in [0.2, 0.25) is 0 Å². The lowest BCUT2D eigenvalue weighted by Crippen LogP contribution is -2.37. The van der Waals surface area contributed by atoms with Crippen LogP contribution in [0.25, 0.3) is 0 Å². The van der Waals surface area contributed by atoms with Gasteiger partial charge in [-0.05, 0) is 20.3 Å². The summed E-state index contributed by atoms with van der Waals surface area (Å²) >= 11 is 0. The number of ketones is 1. The van der Waals surface area contributed by atoms with Crippen LogP contribution < -0.4 is 0 Å². The normalized spacial score (nSPS) is 12.7. The Morgan fingerprint density at radius 1 is 1.25 bits per heavy atom. The van der Waals surface area contributed by atoms with Gasteiger partial charge in [0.15, 0.2) is 5.78 Å². The number of hydrogen-bond donors (Lipinski definition) is 0. The lowest BCUT2D eigenvalue weighted by molar-refractivity contribution is 0.0916. The lowest BCUT2D eigenvalue weighted by Gasteiger charge is -2.27. The zero-order chi connectivity index (χ0) is 15.0. The highest BCUT2D eigenvalue weighted by Gasteiger charge is 2.14. The zero-order valence-electron chi connectivity index (χ0n) is 13.2. The molecule has 1 rings (SSSR count). The number of nitrogens with zero attached hydrogens (tertiary/aromatic N) is 1. The van der Waals surface area contributed by atoms with E-state index in [2.05, 4.69) is 18.7 Å². The van der Waals surface area contributed by atoms with Gasteiger partial charge in [-0.25, -0.2) is 0 Å². The Balaban J connectivity index is 2.53. The maximum absolute atomic E-state index is 12.2. The minimum Gasteiger partial charge on any atom is -0.383 e. The third-order valence-electron chi connectivity index (χ3n) is 3.80. The van der Waals surface area contributed by atoms with Crippen molar-refractivity contribution in [2.75, 3.05) is 26.8 Å². The molecule has 20 heavy (non-hydrogen) atoms. The highest BCUT2D eigenvalue weighted by atomic mass is 16.5. The smallest absolute Gasteiger partial charge is 0.164 e. The third kappa shape index (κ3) is 5.43. The molecule has 1 unspecified atom stereocenters. The second-order valence-corrected chi connectivity index (χ2v) is 5.33. The molecule has 0 aliphatic carbocycles. The van der Waals surface area contributed by atoms with E-state index >= 15 is 0 Å². The van der Waals surface area contributed by atoms with Crippen molar-refractivity contribution in [3.05, 3.63) is 35.4 Å². The highest BCUT2D eigenvalue weighted by molar-refractivity contribution is 5.96. The molecule has 0 radical (unpaired) electrons. The fraction of sp³-hybridized carbons (Fsp3) is 0.588. The maximum atomic E-state index is 12.2. The van der Waals surface area contributed by atoms with E-state index in [0.717, 1.165) is 25.1 Å². The number of hydrogen-bond acceptors (Lipinski definition) is 3. The molecule has 0 saturated heterocycles. The van der Waals surface area contributed by atoms with Crippen LogP contribution in [-0.4, -0.2) is 43.5 Å². The van der Waals surface area contributed by atoms with Crippen LogP contribution in [0, 0.1) is 6.92 Å². The number of carbonyl (C=O) groups excluding carboxylic acids is 1. The minimum atomic E-state index is 0.218. The first kappa shape index (κ1) is 16.9. The summed E-state index contributed by atoms with van der Waals surface area (Å²) in [7, 11) is 1.71. The molecule has 0 fully saturated rings. The number of rotatable bonds is 9. The first-order valence-electron chi connectivity index (χ1n) is 7.41. The number of benzene rings is 1. The standard InChI is InChI=1S/C17H27NO2/c1-5-15(3)18(12-13-20-4)11-10-17(19)16-8-6-14(2)7-9-16/h6-9,15H,5,10-13H2,1-4H3. The number of methoxy groups -OCH3 is 1. The zero-order valence-corrected chi connectivity index (χ0v) is 13.2. The first-order valence-corrected chi connectivity index (χ1v) is 7.41. The largest absolute Gasteiger partial charge is 0.383 e. The molecule has 0 spiro atoms. The molecule has 0 saturated carbocycles. The average Bonchev–Trinajstić information content (AvgIpc) is 2.47. The third-order valence-corrected chi connectivity index (χ3v) is 3.80. The Labute approximate surface area is 122 Å². The van der Waals surface area contributed by atoms with Crippen molar-refractivity contribution < 1.29 is 9.53 Å². The number of aryl methyl sites for hydroxylation is 1. The second kappa shape index (κ2) is 8.88. The fourth-order valence-electron chi connectivity index (χ4n) is 2.15. The molecule has 0 heterocycles. The highest BCUT2D eigenvalue weighted by Crippen LogP contribution is 2.09. The van der Waals surface area contributed by atoms with Gasteiger partial charge in [0.05, 0.1) is 6.61 Å². The van der Waals surface area contributed by atoms with Gasteiger partial charge in [-0.2, -0.15) is 0 Å². The molecule has 0 aliphatic heterocycles. The Morgan fingerprint density at radius 3 is 2.45 bits per heavy atom. The van der Waals surface area contributed by atoms with Crippen molar-refractivity contribution in [2.45, 2.75) is 39.7 Å². The summed E-state index contributed by atoms with van der Waals surface area (Å²) in [6.45, 7) is 8.79. The summed E-state index contributed by atoms with van der Waals surface area (Å²) in [5.41, 5.74) is 1.99. The van der Waals surface area contributed by atoms with Crippen LogP contribution in [0.3, 0.4) is 0 Å². The number of carbonyl (C=O) groups is 1. The molecule has 0 aromatic heterocycles. The van der Waals surface area contributed by atoms with Crippen molar-refractivity contribution >= 4 is 5.78 Å². The van der Waals surface area contributed by atoms with Crippen LogP contribution >= 0.6 is 0 Å². The summed E-state index contributed by atoms with van der Waals surface area (Å²) < 4.78 is 5.15. The molecule has 1 aromatic carbocycles. The van der Waals surface area contributed by atoms with Gasteiger partial charge in [-0.15, -0.1) is 0 Å². The predicted octanol–water partition coefficient (Wildman–Crippen LogP) is 3.31. The van der Waals surface area contributed by atoms with Gasteiger partial charge in [0.1, 0.15) is 0 Å². The van der Waals surface area contributed by atoms with E-state index in [1.54, 1.807) is 7.11 Å². The topological polar surface area (TPSA) is 29.5 Å². The van der Waals surface area contributed by atoms with Crippen molar-refractivity contribution in [3.63, 3.8) is 0 Å². The summed E-state index contributed by atoms with van der Waals surface area (Å²) in [4.78, 5) is 14.5. The van der Waals surface area contributed by atoms with Crippen molar-refractivity contribution in [1.29, 1.82) is 0 Å². The SMILES string of the molecule is CCC(C)N(CCOC)CCC(=O)c1ccc(C)cc1. The van der Waals surface area contributed by atoms with Crippen LogP contribution in [0.15, 0.2) is 24.3 Å². The summed E-state index contributed by atoms with van der Waals surface area (Å²) in [6.07, 6.45) is 1.65. The van der Waals surface area contributed by atoms with Crippen LogP contribution in [0.4, 0.5) is 0 Å². The van der Waals surface area contributed by atoms with E-state index in [4.69, 9.17) is 4.74 Å². The molecule has 1 aromatic rings. The maximum Gasteiger partial charge on any atom is 0.164 e. The monoisotopic (exact) mass is 277 g/mol. The molecule has 3 nitrogen and oxygen atoms in total. The van der Waals surface area contributed by atoms with E-state index < -0.39 is 0 Å². The number of Topliss-reactive ketones (excluding diaryl/α,β-unsaturated/α-hetero) is 1. The molecule has 0 aliphatic rings. The van der Waals surface area contributed by atoms with Crippen LogP contribution in [-0.2, 0) is 4.74 Å². The Morgan fingerprint density at radius 2 is 1.90 bits per heavy atom. The van der Waals surface area contributed by atoms with E-state index in [1.165, 1.54) is 5.56 Å². The first-order chi connectivity index (χ1) is 9.58. The van der Waals surface area contributed by atoms with E-state index in [1.807, 2.05) is 31.2 Å². The molecular weight excluding hydrogens is 250 g/mol. The van der Waals surface area contributed by atoms with Crippen LogP contribution in [0.1, 0.15) is 42.6 Å². The van der Waals surface area contributed by atoms with Gasteiger partial charge in [0, 0.05) is 38.2 Å².